The standard InChI is InChI=1S/C23H28N4O2/c28-22(25-19-7-9-20(10-8-19)26-13-3-1-4-14-26)21-17-18(11-12-24-21)23(29)27-15-5-2-6-16-27/h7-12,17H,1-6,13-16H2,(H,25,28). The number of benzene rings is 1. The molecule has 0 radical (unpaired) electrons. The lowest BCUT2D eigenvalue weighted by Gasteiger charge is -2.28. The molecule has 6 nitrogen and oxygen atoms in total. The molecule has 2 aliphatic rings. The molecule has 2 saturated heterocycles. The van der Waals surface area contributed by atoms with Crippen LogP contribution in [0, 0.1) is 0 Å². The molecule has 0 spiro atoms. The number of hydrogen-bond donors (Lipinski definition) is 1. The summed E-state index contributed by atoms with van der Waals surface area (Å²) in [6.07, 6.45) is 8.55. The molecule has 1 N–H and O–H groups in total. The summed E-state index contributed by atoms with van der Waals surface area (Å²) < 4.78 is 0. The molecule has 4 rings (SSSR count). The van der Waals surface area contributed by atoms with E-state index in [-0.39, 0.29) is 17.5 Å². The second-order valence-corrected chi connectivity index (χ2v) is 7.83. The Morgan fingerprint density at radius 1 is 0.828 bits per heavy atom. The monoisotopic (exact) mass is 392 g/mol. The normalized spacial score (nSPS) is 17.1. The Morgan fingerprint density at radius 2 is 1.48 bits per heavy atom. The quantitative estimate of drug-likeness (QED) is 0.856. The fourth-order valence-electron chi connectivity index (χ4n) is 4.07. The van der Waals surface area contributed by atoms with Crippen molar-refractivity contribution in [2.45, 2.75) is 38.5 Å². The fourth-order valence-corrected chi connectivity index (χ4v) is 4.07. The van der Waals surface area contributed by atoms with Crippen molar-refractivity contribution in [1.82, 2.24) is 9.88 Å². The van der Waals surface area contributed by atoms with Gasteiger partial charge in [0.15, 0.2) is 0 Å². The number of likely N-dealkylation sites (tertiary alicyclic amines) is 1. The second kappa shape index (κ2) is 9.07. The highest BCUT2D eigenvalue weighted by Crippen LogP contribution is 2.22. The minimum absolute atomic E-state index is 0.0213. The number of carbonyl (C=O) groups excluding carboxylic acids is 2. The van der Waals surface area contributed by atoms with Crippen LogP contribution < -0.4 is 10.2 Å². The minimum Gasteiger partial charge on any atom is -0.372 e. The zero-order valence-corrected chi connectivity index (χ0v) is 16.8. The number of pyridine rings is 1. The first-order chi connectivity index (χ1) is 14.2. The van der Waals surface area contributed by atoms with Gasteiger partial charge in [0.25, 0.3) is 11.8 Å². The number of nitrogens with one attached hydrogen (secondary N) is 1. The smallest absolute Gasteiger partial charge is 0.274 e. The van der Waals surface area contributed by atoms with E-state index in [1.807, 2.05) is 29.2 Å². The highest BCUT2D eigenvalue weighted by Gasteiger charge is 2.20. The van der Waals surface area contributed by atoms with Gasteiger partial charge in [-0.2, -0.15) is 0 Å². The predicted octanol–water partition coefficient (Wildman–Crippen LogP) is 3.95. The molecule has 2 fully saturated rings. The first-order valence-electron chi connectivity index (χ1n) is 10.6. The third kappa shape index (κ3) is 4.75. The molecule has 1 aromatic carbocycles. The van der Waals surface area contributed by atoms with Gasteiger partial charge in [0.1, 0.15) is 5.69 Å². The van der Waals surface area contributed by atoms with Gasteiger partial charge >= 0.3 is 0 Å². The van der Waals surface area contributed by atoms with Crippen LogP contribution >= 0.6 is 0 Å². The van der Waals surface area contributed by atoms with E-state index in [9.17, 15) is 9.59 Å². The van der Waals surface area contributed by atoms with E-state index in [0.717, 1.165) is 44.7 Å². The molecular formula is C23H28N4O2. The second-order valence-electron chi connectivity index (χ2n) is 7.83. The number of carbonyl (C=O) groups is 2. The van der Waals surface area contributed by atoms with Gasteiger partial charge in [0, 0.05) is 49.3 Å². The molecule has 0 aliphatic carbocycles. The van der Waals surface area contributed by atoms with Crippen LogP contribution in [0.5, 0.6) is 0 Å². The van der Waals surface area contributed by atoms with Crippen LogP contribution in [-0.4, -0.2) is 47.9 Å². The third-order valence-electron chi connectivity index (χ3n) is 5.73. The lowest BCUT2D eigenvalue weighted by molar-refractivity contribution is 0.0724. The molecule has 0 saturated carbocycles. The molecule has 2 aliphatic heterocycles. The van der Waals surface area contributed by atoms with Crippen molar-refractivity contribution in [2.24, 2.45) is 0 Å². The van der Waals surface area contributed by atoms with Crippen molar-refractivity contribution in [3.05, 3.63) is 53.9 Å². The number of piperidine rings is 2. The number of amides is 2. The number of aromatic nitrogens is 1. The van der Waals surface area contributed by atoms with Gasteiger partial charge in [-0.3, -0.25) is 14.6 Å². The highest BCUT2D eigenvalue weighted by molar-refractivity contribution is 6.04. The van der Waals surface area contributed by atoms with Gasteiger partial charge in [0.05, 0.1) is 0 Å². The Morgan fingerprint density at radius 3 is 2.17 bits per heavy atom. The van der Waals surface area contributed by atoms with Crippen molar-refractivity contribution >= 4 is 23.2 Å². The predicted molar refractivity (Wildman–Crippen MR) is 114 cm³/mol. The Hall–Kier alpha value is -2.89. The Balaban J connectivity index is 1.41. The van der Waals surface area contributed by atoms with Crippen LogP contribution in [0.25, 0.3) is 0 Å². The summed E-state index contributed by atoms with van der Waals surface area (Å²) >= 11 is 0. The van der Waals surface area contributed by atoms with Gasteiger partial charge in [-0.15, -0.1) is 0 Å². The summed E-state index contributed by atoms with van der Waals surface area (Å²) in [4.78, 5) is 33.7. The zero-order valence-electron chi connectivity index (χ0n) is 16.8. The van der Waals surface area contributed by atoms with Crippen molar-refractivity contribution in [2.75, 3.05) is 36.4 Å². The van der Waals surface area contributed by atoms with Crippen LogP contribution in [0.3, 0.4) is 0 Å². The van der Waals surface area contributed by atoms with Crippen molar-refractivity contribution < 1.29 is 9.59 Å². The lowest BCUT2D eigenvalue weighted by Crippen LogP contribution is -2.35. The Kier molecular flexibility index (Phi) is 6.08. The summed E-state index contributed by atoms with van der Waals surface area (Å²) in [5.41, 5.74) is 2.70. The summed E-state index contributed by atoms with van der Waals surface area (Å²) in [5, 5.41) is 2.89. The number of hydrogen-bond acceptors (Lipinski definition) is 4. The first-order valence-corrected chi connectivity index (χ1v) is 10.6. The molecule has 3 heterocycles. The minimum atomic E-state index is -0.302. The molecular weight excluding hydrogens is 364 g/mol. The maximum atomic E-state index is 12.7. The molecule has 29 heavy (non-hydrogen) atoms. The van der Waals surface area contributed by atoms with E-state index >= 15 is 0 Å². The van der Waals surface area contributed by atoms with Gasteiger partial charge in [0.2, 0.25) is 0 Å². The van der Waals surface area contributed by atoms with Crippen LogP contribution in [0.15, 0.2) is 42.6 Å². The first kappa shape index (κ1) is 19.4. The van der Waals surface area contributed by atoms with Gasteiger partial charge in [-0.25, -0.2) is 0 Å². The molecule has 1 aromatic heterocycles. The van der Waals surface area contributed by atoms with Crippen molar-refractivity contribution in [3.63, 3.8) is 0 Å². The summed E-state index contributed by atoms with van der Waals surface area (Å²) in [6.45, 7) is 3.75. The van der Waals surface area contributed by atoms with Crippen molar-refractivity contribution in [3.8, 4) is 0 Å². The van der Waals surface area contributed by atoms with Crippen LogP contribution in [0.4, 0.5) is 11.4 Å². The fraction of sp³-hybridized carbons (Fsp3) is 0.435. The molecule has 0 bridgehead atoms. The largest absolute Gasteiger partial charge is 0.372 e. The molecule has 0 unspecified atom stereocenters. The van der Waals surface area contributed by atoms with Crippen molar-refractivity contribution in [1.29, 1.82) is 0 Å². The van der Waals surface area contributed by atoms with Crippen LogP contribution in [-0.2, 0) is 0 Å². The van der Waals surface area contributed by atoms with Crippen LogP contribution in [0.2, 0.25) is 0 Å². The lowest BCUT2D eigenvalue weighted by atomic mass is 10.1. The number of rotatable bonds is 4. The van der Waals surface area contributed by atoms with Gasteiger partial charge in [-0.1, -0.05) is 0 Å². The third-order valence-corrected chi connectivity index (χ3v) is 5.73. The summed E-state index contributed by atoms with van der Waals surface area (Å²) in [6, 6.07) is 11.2. The average molecular weight is 393 g/mol. The van der Waals surface area contributed by atoms with E-state index in [0.29, 0.717) is 5.56 Å². The van der Waals surface area contributed by atoms with Crippen LogP contribution in [0.1, 0.15) is 59.4 Å². The highest BCUT2D eigenvalue weighted by atomic mass is 16.2. The topological polar surface area (TPSA) is 65.5 Å². The zero-order chi connectivity index (χ0) is 20.1. The molecule has 2 amide bonds. The maximum Gasteiger partial charge on any atom is 0.274 e. The molecule has 152 valence electrons. The molecule has 0 atom stereocenters. The van der Waals surface area contributed by atoms with E-state index in [2.05, 4.69) is 15.2 Å². The molecule has 6 heteroatoms. The van der Waals surface area contributed by atoms with Gasteiger partial charge < -0.3 is 15.1 Å². The SMILES string of the molecule is O=C(Nc1ccc(N2CCCCC2)cc1)c1cc(C(=O)N2CCCCC2)ccn1. The number of nitrogens with zero attached hydrogens (tertiary/aromatic N) is 3. The Bertz CT molecular complexity index is 853. The van der Waals surface area contributed by atoms with E-state index in [1.165, 1.54) is 37.6 Å². The maximum absolute atomic E-state index is 12.7. The van der Waals surface area contributed by atoms with E-state index in [4.69, 9.17) is 0 Å². The Labute approximate surface area is 171 Å². The van der Waals surface area contributed by atoms with E-state index in [1.54, 1.807) is 12.1 Å². The average Bonchev–Trinajstić information content (AvgIpc) is 2.80. The number of anilines is 2. The summed E-state index contributed by atoms with van der Waals surface area (Å²) in [7, 11) is 0. The summed E-state index contributed by atoms with van der Waals surface area (Å²) in [5.74, 6) is -0.323. The molecule has 2 aromatic rings. The van der Waals surface area contributed by atoms with E-state index < -0.39 is 0 Å². The van der Waals surface area contributed by atoms with Gasteiger partial charge in [-0.05, 0) is 74.9 Å².